The molecule has 8 heteroatoms. The molecule has 8 nitrogen and oxygen atoms in total. The number of benzene rings is 1. The molecule has 0 aliphatic rings. The van der Waals surface area contributed by atoms with Gasteiger partial charge < -0.3 is 19.7 Å². The summed E-state index contributed by atoms with van der Waals surface area (Å²) in [7, 11) is 0. The van der Waals surface area contributed by atoms with Crippen LogP contribution in [0.1, 0.15) is 0 Å². The summed E-state index contributed by atoms with van der Waals surface area (Å²) in [5, 5.41) is 36.2. The van der Waals surface area contributed by atoms with Crippen LogP contribution in [0.2, 0.25) is 0 Å². The molecule has 2 N–H and O–H groups in total. The fourth-order valence-electron chi connectivity index (χ4n) is 1.77. The van der Waals surface area contributed by atoms with E-state index >= 15 is 0 Å². The molecule has 1 aromatic rings. The molecule has 1 aromatic carbocycles. The van der Waals surface area contributed by atoms with Gasteiger partial charge in [0.15, 0.2) is 0 Å². The quantitative estimate of drug-likeness (QED) is 0.684. The Morgan fingerprint density at radius 1 is 0.917 bits per heavy atom. The Morgan fingerprint density at radius 2 is 1.29 bits per heavy atom. The first-order chi connectivity index (χ1) is 11.7. The third-order valence-electron chi connectivity index (χ3n) is 2.73. The van der Waals surface area contributed by atoms with Gasteiger partial charge in [-0.3, -0.25) is 0 Å². The average molecular weight is 324 g/mol. The summed E-state index contributed by atoms with van der Waals surface area (Å²) in [6.45, 7) is 13.3. The monoisotopic (exact) mass is 324 g/mol. The van der Waals surface area contributed by atoms with Crippen LogP contribution in [0, 0.1) is 35.8 Å². The molecule has 0 aliphatic heterocycles. The SMILES string of the molecule is [C-]#[N+]/C(C#N)=c1/cc(OCCO)/c(=C(\C#N)[N+]#[C-])cc1OCCO. The van der Waals surface area contributed by atoms with Crippen molar-refractivity contribution in [3.63, 3.8) is 0 Å². The second-order valence-corrected chi connectivity index (χ2v) is 4.13. The first kappa shape index (κ1) is 18.5. The third-order valence-corrected chi connectivity index (χ3v) is 2.73. The van der Waals surface area contributed by atoms with Crippen molar-refractivity contribution in [3.05, 3.63) is 45.4 Å². The zero-order valence-corrected chi connectivity index (χ0v) is 12.5. The maximum Gasteiger partial charge on any atom is 0.272 e. The van der Waals surface area contributed by atoms with E-state index in [4.69, 9.17) is 43.4 Å². The first-order valence-electron chi connectivity index (χ1n) is 6.61. The van der Waals surface area contributed by atoms with Crippen molar-refractivity contribution in [2.75, 3.05) is 26.4 Å². The van der Waals surface area contributed by atoms with Crippen molar-refractivity contribution < 1.29 is 19.7 Å². The Bertz CT molecular complexity index is 787. The standard InChI is InChI=1S/C16H12N4O4/c1-19-13(9-17)11-7-16(24-6-4-22)12(14(10-18)20-2)8-15(11)23-5-3-21/h7-8,21-22H,3-6H2/b13-11-,14-12+. The van der Waals surface area contributed by atoms with Gasteiger partial charge in [0.05, 0.1) is 38.5 Å². The predicted octanol–water partition coefficient (Wildman–Crippen LogP) is -0.469. The molecule has 24 heavy (non-hydrogen) atoms. The molecule has 0 saturated heterocycles. The van der Waals surface area contributed by atoms with Crippen LogP contribution in [0.4, 0.5) is 0 Å². The lowest BCUT2D eigenvalue weighted by Crippen LogP contribution is -2.21. The van der Waals surface area contributed by atoms with Crippen LogP contribution in [-0.2, 0) is 0 Å². The van der Waals surface area contributed by atoms with Crippen LogP contribution in [0.5, 0.6) is 11.5 Å². The van der Waals surface area contributed by atoms with Crippen LogP contribution >= 0.6 is 0 Å². The normalized spacial score (nSPS) is 11.9. The van der Waals surface area contributed by atoms with Crippen molar-refractivity contribution in [1.29, 1.82) is 10.5 Å². The molecule has 0 fully saturated rings. The summed E-state index contributed by atoms with van der Waals surface area (Å²) in [5.41, 5.74) is -0.547. The number of hydrogen-bond donors (Lipinski definition) is 2. The minimum atomic E-state index is -0.297. The highest BCUT2D eigenvalue weighted by molar-refractivity contribution is 5.71. The maximum absolute atomic E-state index is 9.07. The number of aliphatic hydroxyl groups excluding tert-OH is 2. The van der Waals surface area contributed by atoms with E-state index in [1.54, 1.807) is 12.1 Å². The molecule has 1 rings (SSSR count). The topological polar surface area (TPSA) is 115 Å². The van der Waals surface area contributed by atoms with Gasteiger partial charge in [0.2, 0.25) is 0 Å². The fraction of sp³-hybridized carbons (Fsp3) is 0.250. The van der Waals surface area contributed by atoms with E-state index in [9.17, 15) is 0 Å². The van der Waals surface area contributed by atoms with Crippen molar-refractivity contribution in [1.82, 2.24) is 0 Å². The summed E-state index contributed by atoms with van der Waals surface area (Å²) in [5.74, 6) is 0.138. The molecule has 0 spiro atoms. The van der Waals surface area contributed by atoms with E-state index in [1.165, 1.54) is 12.1 Å². The number of nitrogens with zero attached hydrogens (tertiary/aromatic N) is 4. The van der Waals surface area contributed by atoms with Crippen molar-refractivity contribution in [2.45, 2.75) is 0 Å². The Morgan fingerprint density at radius 3 is 1.54 bits per heavy atom. The van der Waals surface area contributed by atoms with E-state index in [-0.39, 0.29) is 59.8 Å². The number of nitriles is 2. The number of aliphatic hydroxyl groups is 2. The van der Waals surface area contributed by atoms with Gasteiger partial charge in [-0.1, -0.05) is 0 Å². The molecule has 0 atom stereocenters. The van der Waals surface area contributed by atoms with Gasteiger partial charge in [-0.15, -0.1) is 0 Å². The van der Waals surface area contributed by atoms with Gasteiger partial charge in [0.25, 0.3) is 11.4 Å². The molecule has 0 amide bonds. The minimum Gasteiger partial charge on any atom is -0.492 e. The van der Waals surface area contributed by atoms with E-state index in [0.29, 0.717) is 0 Å². The lowest BCUT2D eigenvalue weighted by molar-refractivity contribution is 0.196. The molecule has 120 valence electrons. The molecule has 0 aromatic heterocycles. The lowest BCUT2D eigenvalue weighted by Gasteiger charge is -2.11. The second kappa shape index (κ2) is 9.46. The largest absolute Gasteiger partial charge is 0.492 e. The van der Waals surface area contributed by atoms with Gasteiger partial charge in [-0.05, 0) is 12.1 Å². The predicted molar refractivity (Wildman–Crippen MR) is 82.1 cm³/mol. The smallest absolute Gasteiger partial charge is 0.272 e. The fourth-order valence-corrected chi connectivity index (χ4v) is 1.77. The van der Waals surface area contributed by atoms with Crippen LogP contribution < -0.4 is 19.9 Å². The Kier molecular flexibility index (Phi) is 7.28. The third kappa shape index (κ3) is 4.22. The molecular formula is C16H12N4O4. The van der Waals surface area contributed by atoms with Crippen LogP contribution in [-0.4, -0.2) is 36.6 Å². The van der Waals surface area contributed by atoms with Crippen LogP contribution in [0.25, 0.3) is 21.1 Å². The molecule has 0 unspecified atom stereocenters. The summed E-state index contributed by atoms with van der Waals surface area (Å²) in [6, 6.07) is 6.06. The van der Waals surface area contributed by atoms with E-state index in [1.807, 2.05) is 0 Å². The summed E-state index contributed by atoms with van der Waals surface area (Å²) < 4.78 is 10.6. The summed E-state index contributed by atoms with van der Waals surface area (Å²) in [6.07, 6.45) is 0. The molecule has 0 radical (unpaired) electrons. The molecular weight excluding hydrogens is 312 g/mol. The van der Waals surface area contributed by atoms with Crippen LogP contribution in [0.3, 0.4) is 0 Å². The van der Waals surface area contributed by atoms with Crippen molar-refractivity contribution in [2.24, 2.45) is 0 Å². The molecule has 0 bridgehead atoms. The highest BCUT2D eigenvalue weighted by Gasteiger charge is 2.11. The summed E-state index contributed by atoms with van der Waals surface area (Å²) >= 11 is 0. The van der Waals surface area contributed by atoms with Gasteiger partial charge >= 0.3 is 0 Å². The highest BCUT2D eigenvalue weighted by atomic mass is 16.5. The average Bonchev–Trinajstić information content (AvgIpc) is 2.61. The maximum atomic E-state index is 9.07. The van der Waals surface area contributed by atoms with Crippen molar-refractivity contribution in [3.8, 4) is 23.6 Å². The summed E-state index contributed by atoms with van der Waals surface area (Å²) in [4.78, 5) is 6.22. The van der Waals surface area contributed by atoms with Crippen LogP contribution in [0.15, 0.2) is 12.1 Å². The number of ether oxygens (including phenoxy) is 2. The van der Waals surface area contributed by atoms with E-state index < -0.39 is 0 Å². The van der Waals surface area contributed by atoms with E-state index in [0.717, 1.165) is 0 Å². The van der Waals surface area contributed by atoms with E-state index in [2.05, 4.69) is 9.69 Å². The Labute approximate surface area is 138 Å². The first-order valence-corrected chi connectivity index (χ1v) is 6.61. The zero-order chi connectivity index (χ0) is 17.9. The Hall–Kier alpha value is -3.56. The van der Waals surface area contributed by atoms with Gasteiger partial charge in [0, 0.05) is 10.4 Å². The zero-order valence-electron chi connectivity index (χ0n) is 12.5. The van der Waals surface area contributed by atoms with Gasteiger partial charge in [-0.25, -0.2) is 20.2 Å². The minimum absolute atomic E-state index is 0.0688. The molecule has 0 saturated carbocycles. The van der Waals surface area contributed by atoms with Gasteiger partial charge in [-0.2, -0.15) is 0 Å². The Balaban J connectivity index is 3.89. The number of hydrogen-bond acceptors (Lipinski definition) is 6. The number of rotatable bonds is 6. The molecule has 0 aliphatic carbocycles. The van der Waals surface area contributed by atoms with Crippen molar-refractivity contribution >= 4 is 11.4 Å². The van der Waals surface area contributed by atoms with Gasteiger partial charge in [0.1, 0.15) is 24.7 Å². The lowest BCUT2D eigenvalue weighted by atomic mass is 10.1. The highest BCUT2D eigenvalue weighted by Crippen LogP contribution is 2.12. The molecule has 0 heterocycles. The second-order valence-electron chi connectivity index (χ2n) is 4.13.